The maximum absolute atomic E-state index is 12.9. The summed E-state index contributed by atoms with van der Waals surface area (Å²) in [5.41, 5.74) is 0.449. The van der Waals surface area contributed by atoms with Crippen LogP contribution in [0.2, 0.25) is 0 Å². The van der Waals surface area contributed by atoms with E-state index in [-0.39, 0.29) is 46.4 Å². The van der Waals surface area contributed by atoms with Gasteiger partial charge >= 0.3 is 11.9 Å². The Morgan fingerprint density at radius 1 is 1.15 bits per heavy atom. The van der Waals surface area contributed by atoms with Gasteiger partial charge in [-0.05, 0) is 60.3 Å². The molecule has 34 heavy (non-hydrogen) atoms. The zero-order chi connectivity index (χ0) is 24.8. The first-order valence-corrected chi connectivity index (χ1v) is 12.5. The average Bonchev–Trinajstić information content (AvgIpc) is 3.25. The van der Waals surface area contributed by atoms with Gasteiger partial charge in [-0.1, -0.05) is 52.3 Å². The molecule has 0 aromatic heterocycles. The van der Waals surface area contributed by atoms with Gasteiger partial charge in [-0.3, -0.25) is 9.59 Å². The minimum Gasteiger partial charge on any atom is -0.462 e. The maximum Gasteiger partial charge on any atom is 0.333 e. The van der Waals surface area contributed by atoms with Gasteiger partial charge in [-0.2, -0.15) is 0 Å². The third-order valence-electron chi connectivity index (χ3n) is 10.4. The summed E-state index contributed by atoms with van der Waals surface area (Å²) in [5.74, 6) is -0.459. The quantitative estimate of drug-likeness (QED) is 0.481. The standard InChI is InChI=1S/C28H36O6/c1-15(29)33-22-14-20-25(2,3)21(30)10-12-27(20,5)19-9-11-26(4)17(7-8-18(26)28(19,22)6)16-13-23(31)34-24(16)32/h8,10,12-13,17,19-20,22,24,32H,7,9,11,14H2,1-6H3/t17-,19+,20-,22+,24+,26-,27+,28-/m0/s1. The Morgan fingerprint density at radius 2 is 1.85 bits per heavy atom. The van der Waals surface area contributed by atoms with Crippen LogP contribution in [0.25, 0.3) is 0 Å². The highest BCUT2D eigenvalue weighted by atomic mass is 16.6. The number of carbonyl (C=O) groups is 3. The van der Waals surface area contributed by atoms with Gasteiger partial charge in [-0.25, -0.2) is 4.79 Å². The van der Waals surface area contributed by atoms with Crippen LogP contribution in [-0.4, -0.2) is 35.2 Å². The van der Waals surface area contributed by atoms with Crippen molar-refractivity contribution in [3.05, 3.63) is 35.5 Å². The molecule has 0 bridgehead atoms. The van der Waals surface area contributed by atoms with Crippen LogP contribution in [0.1, 0.15) is 67.2 Å². The molecule has 1 aliphatic heterocycles. The monoisotopic (exact) mass is 468 g/mol. The van der Waals surface area contributed by atoms with E-state index in [0.29, 0.717) is 18.4 Å². The fourth-order valence-corrected chi connectivity index (χ4v) is 8.82. The Labute approximate surface area is 201 Å². The van der Waals surface area contributed by atoms with E-state index >= 15 is 0 Å². The zero-order valence-electron chi connectivity index (χ0n) is 21.0. The average molecular weight is 469 g/mol. The van der Waals surface area contributed by atoms with Crippen molar-refractivity contribution in [2.24, 2.45) is 39.4 Å². The van der Waals surface area contributed by atoms with Gasteiger partial charge < -0.3 is 14.6 Å². The van der Waals surface area contributed by atoms with Crippen molar-refractivity contribution in [1.82, 2.24) is 0 Å². The summed E-state index contributed by atoms with van der Waals surface area (Å²) in [4.78, 5) is 37.1. The SMILES string of the molecule is CC(=O)O[C@@H]1C[C@H]2C(C)(C)C(=O)C=C[C@]2(C)[C@H]2CC[C@]3(C)C(=CC[C@H]3C3=CC(=O)O[C@H]3O)[C@@]21C. The van der Waals surface area contributed by atoms with Crippen molar-refractivity contribution in [1.29, 1.82) is 0 Å². The molecule has 0 spiro atoms. The van der Waals surface area contributed by atoms with E-state index < -0.39 is 23.1 Å². The van der Waals surface area contributed by atoms with Crippen LogP contribution in [0.15, 0.2) is 35.5 Å². The number of carbonyl (C=O) groups excluding carboxylic acids is 3. The second-order valence-electron chi connectivity index (χ2n) is 12.3. The van der Waals surface area contributed by atoms with Gasteiger partial charge in [-0.15, -0.1) is 0 Å². The van der Waals surface area contributed by atoms with E-state index in [9.17, 15) is 19.5 Å². The fourth-order valence-electron chi connectivity index (χ4n) is 8.82. The molecule has 0 aromatic rings. The number of fused-ring (bicyclic) bond motifs is 5. The Bertz CT molecular complexity index is 1060. The zero-order valence-corrected chi connectivity index (χ0v) is 21.0. The second-order valence-corrected chi connectivity index (χ2v) is 12.3. The van der Waals surface area contributed by atoms with E-state index in [2.05, 4.69) is 32.9 Å². The molecule has 6 heteroatoms. The molecule has 6 nitrogen and oxygen atoms in total. The van der Waals surface area contributed by atoms with E-state index in [0.717, 1.165) is 12.8 Å². The first kappa shape index (κ1) is 23.5. The summed E-state index contributed by atoms with van der Waals surface area (Å²) in [6, 6.07) is 0. The number of rotatable bonds is 2. The number of esters is 2. The van der Waals surface area contributed by atoms with Crippen LogP contribution in [0.5, 0.6) is 0 Å². The van der Waals surface area contributed by atoms with E-state index in [1.165, 1.54) is 18.6 Å². The van der Waals surface area contributed by atoms with Crippen molar-refractivity contribution >= 4 is 17.7 Å². The lowest BCUT2D eigenvalue weighted by Gasteiger charge is -2.66. The Kier molecular flexibility index (Phi) is 4.95. The first-order valence-electron chi connectivity index (χ1n) is 12.5. The number of ketones is 1. The summed E-state index contributed by atoms with van der Waals surface area (Å²) >= 11 is 0. The van der Waals surface area contributed by atoms with Crippen LogP contribution in [0.3, 0.4) is 0 Å². The topological polar surface area (TPSA) is 89.9 Å². The molecular weight excluding hydrogens is 432 g/mol. The third-order valence-corrected chi connectivity index (χ3v) is 10.4. The minimum absolute atomic E-state index is 0.0369. The maximum atomic E-state index is 12.9. The van der Waals surface area contributed by atoms with Crippen molar-refractivity contribution in [3.8, 4) is 0 Å². The van der Waals surface area contributed by atoms with E-state index in [4.69, 9.17) is 9.47 Å². The number of hydrogen-bond donors (Lipinski definition) is 1. The van der Waals surface area contributed by atoms with Crippen LogP contribution < -0.4 is 0 Å². The van der Waals surface area contributed by atoms with Gasteiger partial charge in [0.15, 0.2) is 5.78 Å². The molecule has 2 fully saturated rings. The molecule has 1 N–H and O–H groups in total. The van der Waals surface area contributed by atoms with Crippen molar-refractivity contribution in [3.63, 3.8) is 0 Å². The molecule has 184 valence electrons. The molecule has 0 amide bonds. The number of aliphatic hydroxyl groups is 1. The van der Waals surface area contributed by atoms with Gasteiger partial charge in [0, 0.05) is 29.4 Å². The number of hydrogen-bond acceptors (Lipinski definition) is 6. The van der Waals surface area contributed by atoms with Crippen LogP contribution >= 0.6 is 0 Å². The second kappa shape index (κ2) is 7.16. The number of ether oxygens (including phenoxy) is 2. The Morgan fingerprint density at radius 3 is 2.47 bits per heavy atom. The molecule has 8 atom stereocenters. The largest absolute Gasteiger partial charge is 0.462 e. The van der Waals surface area contributed by atoms with Crippen LogP contribution in [0, 0.1) is 39.4 Å². The van der Waals surface area contributed by atoms with Crippen LogP contribution in [0.4, 0.5) is 0 Å². The molecular formula is C28H36O6. The summed E-state index contributed by atoms with van der Waals surface area (Å²) in [7, 11) is 0. The molecule has 0 unspecified atom stereocenters. The molecule has 5 rings (SSSR count). The summed E-state index contributed by atoms with van der Waals surface area (Å²) in [6.07, 6.45) is 9.18. The van der Waals surface area contributed by atoms with Gasteiger partial charge in [0.25, 0.3) is 0 Å². The molecule has 1 heterocycles. The third kappa shape index (κ3) is 2.87. The molecule has 0 radical (unpaired) electrons. The fraction of sp³-hybridized carbons (Fsp3) is 0.679. The lowest BCUT2D eigenvalue weighted by atomic mass is 9.38. The molecule has 0 aromatic carbocycles. The minimum atomic E-state index is -1.20. The van der Waals surface area contributed by atoms with Gasteiger partial charge in [0.2, 0.25) is 6.29 Å². The van der Waals surface area contributed by atoms with Gasteiger partial charge in [0.05, 0.1) is 0 Å². The highest BCUT2D eigenvalue weighted by molar-refractivity contribution is 5.95. The predicted molar refractivity (Wildman–Crippen MR) is 125 cm³/mol. The Balaban J connectivity index is 1.62. The summed E-state index contributed by atoms with van der Waals surface area (Å²) < 4.78 is 11.1. The molecule has 5 aliphatic rings. The summed E-state index contributed by atoms with van der Waals surface area (Å²) in [5, 5.41) is 10.4. The highest BCUT2D eigenvalue weighted by Gasteiger charge is 2.68. The lowest BCUT2D eigenvalue weighted by Crippen LogP contribution is -2.64. The normalized spacial score (nSPS) is 46.6. The molecule has 0 saturated heterocycles. The molecule has 2 saturated carbocycles. The number of allylic oxidation sites excluding steroid dienone is 3. The number of aliphatic hydroxyl groups excluding tert-OH is 1. The molecule has 4 aliphatic carbocycles. The van der Waals surface area contributed by atoms with Gasteiger partial charge in [0.1, 0.15) is 6.10 Å². The summed E-state index contributed by atoms with van der Waals surface area (Å²) in [6.45, 7) is 12.2. The lowest BCUT2D eigenvalue weighted by molar-refractivity contribution is -0.187. The van der Waals surface area contributed by atoms with E-state index in [1.54, 1.807) is 6.08 Å². The number of cyclic esters (lactones) is 1. The van der Waals surface area contributed by atoms with Crippen LogP contribution in [-0.2, 0) is 23.9 Å². The van der Waals surface area contributed by atoms with Crippen molar-refractivity contribution in [2.45, 2.75) is 79.6 Å². The predicted octanol–water partition coefficient (Wildman–Crippen LogP) is 4.28. The van der Waals surface area contributed by atoms with Crippen molar-refractivity contribution < 1.29 is 29.0 Å². The first-order chi connectivity index (χ1) is 15.8. The highest BCUT2D eigenvalue weighted by Crippen LogP contribution is 2.72. The van der Waals surface area contributed by atoms with E-state index in [1.807, 2.05) is 13.8 Å². The Hall–Kier alpha value is -2.21. The smallest absolute Gasteiger partial charge is 0.333 e. The van der Waals surface area contributed by atoms with Crippen molar-refractivity contribution in [2.75, 3.05) is 0 Å².